The van der Waals surface area contributed by atoms with Crippen LogP contribution in [0.2, 0.25) is 0 Å². The summed E-state index contributed by atoms with van der Waals surface area (Å²) in [6.07, 6.45) is 2.89. The molecule has 1 aliphatic heterocycles. The fourth-order valence-electron chi connectivity index (χ4n) is 3.22. The second-order valence-electron chi connectivity index (χ2n) is 5.17. The Labute approximate surface area is 85.8 Å². The summed E-state index contributed by atoms with van der Waals surface area (Å²) in [6.45, 7) is 5.70. The smallest absolute Gasteiger partial charge is 0.00362 e. The molecule has 1 nitrogen and oxygen atoms in total. The molecule has 1 saturated heterocycles. The SMILES string of the molecule is CC1(C)[C@H](CN)[C@H]1C1CCCSC1. The van der Waals surface area contributed by atoms with E-state index in [1.807, 2.05) is 0 Å². The van der Waals surface area contributed by atoms with Crippen LogP contribution in [0.1, 0.15) is 26.7 Å². The van der Waals surface area contributed by atoms with E-state index < -0.39 is 0 Å². The molecule has 0 aromatic heterocycles. The van der Waals surface area contributed by atoms with Crippen LogP contribution in [0.3, 0.4) is 0 Å². The lowest BCUT2D eigenvalue weighted by molar-refractivity contribution is 0.395. The molecule has 13 heavy (non-hydrogen) atoms. The highest BCUT2D eigenvalue weighted by atomic mass is 32.2. The lowest BCUT2D eigenvalue weighted by Crippen LogP contribution is -2.16. The molecule has 1 unspecified atom stereocenters. The van der Waals surface area contributed by atoms with E-state index in [1.54, 1.807) is 0 Å². The largest absolute Gasteiger partial charge is 0.330 e. The van der Waals surface area contributed by atoms with E-state index in [4.69, 9.17) is 5.73 Å². The lowest BCUT2D eigenvalue weighted by Gasteiger charge is -2.22. The van der Waals surface area contributed by atoms with Crippen molar-refractivity contribution in [3.8, 4) is 0 Å². The Kier molecular flexibility index (Phi) is 2.63. The first-order chi connectivity index (χ1) is 6.18. The van der Waals surface area contributed by atoms with Crippen molar-refractivity contribution >= 4 is 11.8 Å². The molecule has 76 valence electrons. The summed E-state index contributed by atoms with van der Waals surface area (Å²) in [4.78, 5) is 0. The van der Waals surface area contributed by atoms with Crippen molar-refractivity contribution in [2.24, 2.45) is 28.9 Å². The van der Waals surface area contributed by atoms with Gasteiger partial charge in [0.05, 0.1) is 0 Å². The van der Waals surface area contributed by atoms with Gasteiger partial charge in [-0.15, -0.1) is 0 Å². The van der Waals surface area contributed by atoms with Gasteiger partial charge in [-0.3, -0.25) is 0 Å². The van der Waals surface area contributed by atoms with Crippen molar-refractivity contribution in [3.63, 3.8) is 0 Å². The van der Waals surface area contributed by atoms with E-state index >= 15 is 0 Å². The number of hydrogen-bond donors (Lipinski definition) is 1. The summed E-state index contributed by atoms with van der Waals surface area (Å²) in [5, 5.41) is 0. The second-order valence-corrected chi connectivity index (χ2v) is 6.32. The maximum Gasteiger partial charge on any atom is -0.00362 e. The Morgan fingerprint density at radius 1 is 1.46 bits per heavy atom. The number of nitrogens with two attached hydrogens (primary N) is 1. The van der Waals surface area contributed by atoms with Crippen LogP contribution in [-0.4, -0.2) is 18.1 Å². The van der Waals surface area contributed by atoms with Gasteiger partial charge in [0.2, 0.25) is 0 Å². The molecule has 2 aliphatic rings. The monoisotopic (exact) mass is 199 g/mol. The highest BCUT2D eigenvalue weighted by molar-refractivity contribution is 7.99. The highest BCUT2D eigenvalue weighted by Gasteiger charge is 2.59. The minimum atomic E-state index is 0.553. The standard InChI is InChI=1S/C11H21NS/c1-11(2)9(6-12)10(11)8-4-3-5-13-7-8/h8-10H,3-7,12H2,1-2H3/t8?,9-,10-/m1/s1. The first kappa shape index (κ1) is 9.85. The third kappa shape index (κ3) is 1.63. The van der Waals surface area contributed by atoms with Crippen LogP contribution in [0.25, 0.3) is 0 Å². The average Bonchev–Trinajstić information content (AvgIpc) is 2.69. The molecule has 0 spiro atoms. The van der Waals surface area contributed by atoms with Gasteiger partial charge in [-0.25, -0.2) is 0 Å². The van der Waals surface area contributed by atoms with Gasteiger partial charge in [0.15, 0.2) is 0 Å². The highest BCUT2D eigenvalue weighted by Crippen LogP contribution is 2.62. The van der Waals surface area contributed by atoms with E-state index in [2.05, 4.69) is 25.6 Å². The molecule has 3 atom stereocenters. The molecule has 2 rings (SSSR count). The van der Waals surface area contributed by atoms with Gasteiger partial charge in [-0.2, -0.15) is 11.8 Å². The summed E-state index contributed by atoms with van der Waals surface area (Å²) in [7, 11) is 0. The Bertz CT molecular complexity index is 185. The summed E-state index contributed by atoms with van der Waals surface area (Å²) in [5.74, 6) is 5.51. The first-order valence-electron chi connectivity index (χ1n) is 5.45. The van der Waals surface area contributed by atoms with Crippen LogP contribution in [0.5, 0.6) is 0 Å². The summed E-state index contributed by atoms with van der Waals surface area (Å²) < 4.78 is 0. The van der Waals surface area contributed by atoms with E-state index in [0.29, 0.717) is 5.41 Å². The molecule has 1 heterocycles. The Morgan fingerprint density at radius 3 is 2.69 bits per heavy atom. The second kappa shape index (κ2) is 3.47. The van der Waals surface area contributed by atoms with Crippen LogP contribution in [0, 0.1) is 23.2 Å². The van der Waals surface area contributed by atoms with Crippen molar-refractivity contribution in [2.45, 2.75) is 26.7 Å². The van der Waals surface area contributed by atoms with E-state index in [-0.39, 0.29) is 0 Å². The van der Waals surface area contributed by atoms with E-state index in [1.165, 1.54) is 24.3 Å². The van der Waals surface area contributed by atoms with Gasteiger partial charge in [-0.1, -0.05) is 13.8 Å². The first-order valence-corrected chi connectivity index (χ1v) is 6.61. The Balaban J connectivity index is 1.94. The third-order valence-corrected chi connectivity index (χ3v) is 5.34. The van der Waals surface area contributed by atoms with Crippen LogP contribution < -0.4 is 5.73 Å². The zero-order valence-corrected chi connectivity index (χ0v) is 9.57. The molecule has 2 heteroatoms. The van der Waals surface area contributed by atoms with Crippen molar-refractivity contribution in [2.75, 3.05) is 18.1 Å². The predicted molar refractivity (Wildman–Crippen MR) is 59.9 cm³/mol. The van der Waals surface area contributed by atoms with Gasteiger partial charge in [0.25, 0.3) is 0 Å². The van der Waals surface area contributed by atoms with E-state index in [9.17, 15) is 0 Å². The quantitative estimate of drug-likeness (QED) is 0.739. The van der Waals surface area contributed by atoms with Gasteiger partial charge < -0.3 is 5.73 Å². The molecule has 1 aliphatic carbocycles. The summed E-state index contributed by atoms with van der Waals surface area (Å²) >= 11 is 2.14. The van der Waals surface area contributed by atoms with Crippen molar-refractivity contribution < 1.29 is 0 Å². The molecule has 0 radical (unpaired) electrons. The van der Waals surface area contributed by atoms with E-state index in [0.717, 1.165) is 24.3 Å². The molecule has 1 saturated carbocycles. The summed E-state index contributed by atoms with van der Waals surface area (Å²) in [5.41, 5.74) is 6.35. The molecule has 0 aromatic rings. The fraction of sp³-hybridized carbons (Fsp3) is 1.00. The van der Waals surface area contributed by atoms with Gasteiger partial charge in [0, 0.05) is 0 Å². The van der Waals surface area contributed by atoms with Crippen molar-refractivity contribution in [1.29, 1.82) is 0 Å². The molecule has 0 amide bonds. The number of thioether (sulfide) groups is 1. The average molecular weight is 199 g/mol. The van der Waals surface area contributed by atoms with Crippen LogP contribution in [0.15, 0.2) is 0 Å². The third-order valence-electron chi connectivity index (χ3n) is 4.10. The topological polar surface area (TPSA) is 26.0 Å². The van der Waals surface area contributed by atoms with Crippen LogP contribution >= 0.6 is 11.8 Å². The molecule has 0 bridgehead atoms. The Morgan fingerprint density at radius 2 is 2.23 bits per heavy atom. The zero-order chi connectivity index (χ0) is 9.47. The molecule has 0 aromatic carbocycles. The van der Waals surface area contributed by atoms with Gasteiger partial charge >= 0.3 is 0 Å². The fourth-order valence-corrected chi connectivity index (χ4v) is 4.44. The summed E-state index contributed by atoms with van der Waals surface area (Å²) in [6, 6.07) is 0. The van der Waals surface area contributed by atoms with Crippen molar-refractivity contribution in [1.82, 2.24) is 0 Å². The van der Waals surface area contributed by atoms with Crippen LogP contribution in [0.4, 0.5) is 0 Å². The normalized spacial score (nSPS) is 43.2. The van der Waals surface area contributed by atoms with Crippen molar-refractivity contribution in [3.05, 3.63) is 0 Å². The number of rotatable bonds is 2. The predicted octanol–water partition coefficient (Wildman–Crippen LogP) is 2.36. The molecule has 2 fully saturated rings. The molecular formula is C11H21NS. The van der Waals surface area contributed by atoms with Crippen LogP contribution in [-0.2, 0) is 0 Å². The minimum absolute atomic E-state index is 0.553. The maximum absolute atomic E-state index is 5.80. The van der Waals surface area contributed by atoms with Gasteiger partial charge in [-0.05, 0) is 54.1 Å². The maximum atomic E-state index is 5.80. The lowest BCUT2D eigenvalue weighted by atomic mass is 9.94. The number of hydrogen-bond acceptors (Lipinski definition) is 2. The zero-order valence-electron chi connectivity index (χ0n) is 8.75. The Hall–Kier alpha value is 0.310. The van der Waals surface area contributed by atoms with Gasteiger partial charge in [0.1, 0.15) is 0 Å². The molecular weight excluding hydrogens is 178 g/mol. The molecule has 2 N–H and O–H groups in total. The minimum Gasteiger partial charge on any atom is -0.330 e.